The lowest BCUT2D eigenvalue weighted by atomic mass is 9.80. The molecular weight excluding hydrogens is 302 g/mol. The molecule has 1 aliphatic heterocycles. The molecule has 1 aromatic rings. The molecule has 0 radical (unpaired) electrons. The SMILES string of the molecule is Cc1ccsc1C1CC1C(=O)NCC1(C(=O)O)CCOCC1. The van der Waals surface area contributed by atoms with E-state index in [9.17, 15) is 14.7 Å². The zero-order valence-corrected chi connectivity index (χ0v) is 13.4. The molecule has 2 fully saturated rings. The van der Waals surface area contributed by atoms with Crippen molar-refractivity contribution in [2.24, 2.45) is 11.3 Å². The summed E-state index contributed by atoms with van der Waals surface area (Å²) < 4.78 is 5.25. The third-order valence-electron chi connectivity index (χ3n) is 4.87. The van der Waals surface area contributed by atoms with Crippen LogP contribution in [0, 0.1) is 18.3 Å². The van der Waals surface area contributed by atoms with Gasteiger partial charge in [-0.25, -0.2) is 0 Å². The van der Waals surface area contributed by atoms with Crippen LogP contribution in [0.15, 0.2) is 11.4 Å². The molecule has 0 spiro atoms. The number of carbonyl (C=O) groups is 2. The molecule has 1 saturated carbocycles. The molecule has 1 aliphatic carbocycles. The molecule has 0 aromatic carbocycles. The third-order valence-corrected chi connectivity index (χ3v) is 6.02. The minimum Gasteiger partial charge on any atom is -0.481 e. The van der Waals surface area contributed by atoms with E-state index in [1.165, 1.54) is 10.4 Å². The number of carboxylic acid groups (broad SMARTS) is 1. The van der Waals surface area contributed by atoms with Crippen molar-refractivity contribution >= 4 is 23.2 Å². The number of hydrogen-bond acceptors (Lipinski definition) is 4. The van der Waals surface area contributed by atoms with Gasteiger partial charge in [0.25, 0.3) is 0 Å². The lowest BCUT2D eigenvalue weighted by Crippen LogP contribution is -2.46. The van der Waals surface area contributed by atoms with Gasteiger partial charge in [-0.3, -0.25) is 9.59 Å². The molecule has 22 heavy (non-hydrogen) atoms. The van der Waals surface area contributed by atoms with Gasteiger partial charge in [-0.2, -0.15) is 0 Å². The van der Waals surface area contributed by atoms with Crippen molar-refractivity contribution in [3.05, 3.63) is 21.9 Å². The van der Waals surface area contributed by atoms with Crippen molar-refractivity contribution < 1.29 is 19.4 Å². The second-order valence-electron chi connectivity index (χ2n) is 6.33. The normalized spacial score (nSPS) is 26.4. The first-order valence-corrected chi connectivity index (χ1v) is 8.54. The van der Waals surface area contributed by atoms with E-state index in [4.69, 9.17) is 4.74 Å². The molecule has 2 atom stereocenters. The lowest BCUT2D eigenvalue weighted by molar-refractivity contribution is -0.154. The van der Waals surface area contributed by atoms with Gasteiger partial charge in [0.1, 0.15) is 0 Å². The molecule has 0 bridgehead atoms. The number of carboxylic acids is 1. The molecule has 1 saturated heterocycles. The number of nitrogens with one attached hydrogen (secondary N) is 1. The van der Waals surface area contributed by atoms with E-state index in [0.717, 1.165) is 6.42 Å². The van der Waals surface area contributed by atoms with E-state index in [-0.39, 0.29) is 18.4 Å². The Morgan fingerprint density at radius 2 is 2.18 bits per heavy atom. The number of hydrogen-bond donors (Lipinski definition) is 2. The van der Waals surface area contributed by atoms with E-state index >= 15 is 0 Å². The van der Waals surface area contributed by atoms with Crippen LogP contribution in [0.3, 0.4) is 0 Å². The zero-order valence-electron chi connectivity index (χ0n) is 12.6. The van der Waals surface area contributed by atoms with Crippen LogP contribution in [0.2, 0.25) is 0 Å². The minimum absolute atomic E-state index is 0.00281. The van der Waals surface area contributed by atoms with Crippen LogP contribution in [0.1, 0.15) is 35.6 Å². The molecule has 6 heteroatoms. The Balaban J connectivity index is 1.57. The van der Waals surface area contributed by atoms with Crippen LogP contribution in [0.5, 0.6) is 0 Å². The highest BCUT2D eigenvalue weighted by Gasteiger charge is 2.47. The van der Waals surface area contributed by atoms with Crippen molar-refractivity contribution in [1.29, 1.82) is 0 Å². The van der Waals surface area contributed by atoms with Crippen molar-refractivity contribution in [2.75, 3.05) is 19.8 Å². The van der Waals surface area contributed by atoms with Gasteiger partial charge in [-0.1, -0.05) is 0 Å². The van der Waals surface area contributed by atoms with Crippen LogP contribution < -0.4 is 5.32 Å². The van der Waals surface area contributed by atoms with Crippen LogP contribution >= 0.6 is 11.3 Å². The number of thiophene rings is 1. The molecule has 2 heterocycles. The average molecular weight is 323 g/mol. The first-order valence-electron chi connectivity index (χ1n) is 7.66. The number of ether oxygens (including phenoxy) is 1. The first-order chi connectivity index (χ1) is 10.5. The van der Waals surface area contributed by atoms with Crippen LogP contribution in [-0.4, -0.2) is 36.7 Å². The highest BCUT2D eigenvalue weighted by Crippen LogP contribution is 2.50. The molecule has 2 unspecified atom stereocenters. The topological polar surface area (TPSA) is 75.6 Å². The molecule has 2 N–H and O–H groups in total. The summed E-state index contributed by atoms with van der Waals surface area (Å²) in [7, 11) is 0. The van der Waals surface area contributed by atoms with Gasteiger partial charge in [0, 0.05) is 36.5 Å². The van der Waals surface area contributed by atoms with E-state index in [1.54, 1.807) is 11.3 Å². The van der Waals surface area contributed by atoms with Gasteiger partial charge < -0.3 is 15.2 Å². The Hall–Kier alpha value is -1.40. The zero-order chi connectivity index (χ0) is 15.7. The smallest absolute Gasteiger partial charge is 0.311 e. The molecular formula is C16H21NO4S. The lowest BCUT2D eigenvalue weighted by Gasteiger charge is -2.33. The fourth-order valence-electron chi connectivity index (χ4n) is 3.15. The summed E-state index contributed by atoms with van der Waals surface area (Å²) in [5, 5.41) is 14.4. The fraction of sp³-hybridized carbons (Fsp3) is 0.625. The van der Waals surface area contributed by atoms with Gasteiger partial charge in [0.15, 0.2) is 0 Å². The van der Waals surface area contributed by atoms with Gasteiger partial charge in [0.2, 0.25) is 5.91 Å². The number of carbonyl (C=O) groups excluding carboxylic acids is 1. The Bertz CT molecular complexity index is 576. The van der Waals surface area contributed by atoms with Crippen LogP contribution in [-0.2, 0) is 14.3 Å². The van der Waals surface area contributed by atoms with Crippen molar-refractivity contribution in [1.82, 2.24) is 5.32 Å². The maximum atomic E-state index is 12.3. The standard InChI is InChI=1S/C16H21NO4S/c1-10-2-7-22-13(10)11-8-12(11)14(18)17-9-16(15(19)20)3-5-21-6-4-16/h2,7,11-12H,3-6,8-9H2,1H3,(H,17,18)(H,19,20). The summed E-state index contributed by atoms with van der Waals surface area (Å²) in [5.74, 6) is -0.527. The van der Waals surface area contributed by atoms with Crippen LogP contribution in [0.4, 0.5) is 0 Å². The molecule has 1 amide bonds. The molecule has 120 valence electrons. The van der Waals surface area contributed by atoms with Gasteiger partial charge in [-0.05, 0) is 43.2 Å². The minimum atomic E-state index is -0.864. The van der Waals surface area contributed by atoms with Crippen molar-refractivity contribution in [3.8, 4) is 0 Å². The maximum Gasteiger partial charge on any atom is 0.311 e. The van der Waals surface area contributed by atoms with E-state index < -0.39 is 11.4 Å². The number of aliphatic carboxylic acids is 1. The Kier molecular flexibility index (Phi) is 4.23. The quantitative estimate of drug-likeness (QED) is 0.870. The highest BCUT2D eigenvalue weighted by atomic mass is 32.1. The predicted molar refractivity (Wildman–Crippen MR) is 83.0 cm³/mol. The summed E-state index contributed by atoms with van der Waals surface area (Å²) in [6.45, 7) is 3.17. The Morgan fingerprint density at radius 1 is 1.45 bits per heavy atom. The average Bonchev–Trinajstić information content (AvgIpc) is 3.20. The monoisotopic (exact) mass is 323 g/mol. The predicted octanol–water partition coefficient (Wildman–Crippen LogP) is 2.16. The Morgan fingerprint density at radius 3 is 2.77 bits per heavy atom. The molecule has 1 aromatic heterocycles. The number of rotatable bonds is 5. The largest absolute Gasteiger partial charge is 0.481 e. The maximum absolute atomic E-state index is 12.3. The third kappa shape index (κ3) is 2.90. The first kappa shape index (κ1) is 15.5. The summed E-state index contributed by atoms with van der Waals surface area (Å²) in [6, 6.07) is 2.08. The number of amides is 1. The molecule has 2 aliphatic rings. The molecule has 3 rings (SSSR count). The summed E-state index contributed by atoms with van der Waals surface area (Å²) in [4.78, 5) is 25.2. The van der Waals surface area contributed by atoms with Gasteiger partial charge in [0.05, 0.1) is 5.41 Å². The fourth-order valence-corrected chi connectivity index (χ4v) is 4.26. The summed E-state index contributed by atoms with van der Waals surface area (Å²) in [5.41, 5.74) is 0.383. The molecule has 5 nitrogen and oxygen atoms in total. The van der Waals surface area contributed by atoms with E-state index in [0.29, 0.717) is 32.0 Å². The van der Waals surface area contributed by atoms with Crippen molar-refractivity contribution in [2.45, 2.75) is 32.1 Å². The summed E-state index contributed by atoms with van der Waals surface area (Å²) in [6.07, 6.45) is 1.79. The van der Waals surface area contributed by atoms with Crippen LogP contribution in [0.25, 0.3) is 0 Å². The highest BCUT2D eigenvalue weighted by molar-refractivity contribution is 7.10. The number of aryl methyl sites for hydroxylation is 1. The second kappa shape index (κ2) is 6.01. The Labute approximate surface area is 133 Å². The summed E-state index contributed by atoms with van der Waals surface area (Å²) >= 11 is 1.70. The van der Waals surface area contributed by atoms with Gasteiger partial charge >= 0.3 is 5.97 Å². The van der Waals surface area contributed by atoms with E-state index in [1.807, 2.05) is 0 Å². The van der Waals surface area contributed by atoms with E-state index in [2.05, 4.69) is 23.7 Å². The second-order valence-corrected chi connectivity index (χ2v) is 7.28. The van der Waals surface area contributed by atoms with Gasteiger partial charge in [-0.15, -0.1) is 11.3 Å². The van der Waals surface area contributed by atoms with Crippen molar-refractivity contribution in [3.63, 3.8) is 0 Å².